The molecule has 5 amide bonds. The molecule has 3 heterocycles. The van der Waals surface area contributed by atoms with Crippen molar-refractivity contribution in [3.63, 3.8) is 0 Å². The molecular weight excluding hydrogens is 616 g/mol. The second-order valence-corrected chi connectivity index (χ2v) is 13.9. The van der Waals surface area contributed by atoms with Gasteiger partial charge in [0.2, 0.25) is 23.6 Å². The Labute approximate surface area is 281 Å². The topological polar surface area (TPSA) is 183 Å². The zero-order valence-electron chi connectivity index (χ0n) is 28.6. The summed E-state index contributed by atoms with van der Waals surface area (Å²) in [4.78, 5) is 68.1. The molecule has 0 saturated carbocycles. The Balaban J connectivity index is 1.50. The summed E-state index contributed by atoms with van der Waals surface area (Å²) in [5, 5.41) is 25.4. The maximum Gasteiger partial charge on any atom is 0.273 e. The third-order valence-electron chi connectivity index (χ3n) is 9.12. The number of nitrogens with zero attached hydrogens (tertiary/aromatic N) is 2. The molecule has 2 aliphatic heterocycles. The summed E-state index contributed by atoms with van der Waals surface area (Å²) in [5.74, 6) is -0.743. The molecule has 0 radical (unpaired) electrons. The number of rotatable bonds is 6. The molecule has 0 bridgehead atoms. The Morgan fingerprint density at radius 2 is 1.79 bits per heavy atom. The minimum atomic E-state index is -0.833. The average Bonchev–Trinajstić information content (AvgIpc) is 3.70. The lowest BCUT2D eigenvalue weighted by Gasteiger charge is -2.29. The van der Waals surface area contributed by atoms with Gasteiger partial charge in [-0.1, -0.05) is 51.9 Å². The molecule has 5 N–H and O–H groups in total. The number of phenols is 1. The first kappa shape index (κ1) is 36.4. The van der Waals surface area contributed by atoms with E-state index in [2.05, 4.69) is 26.4 Å². The number of carbonyl (C=O) groups excluding carboxylic acids is 5. The highest BCUT2D eigenvalue weighted by Gasteiger charge is 2.41. The van der Waals surface area contributed by atoms with Crippen LogP contribution in [0.4, 0.5) is 0 Å². The Hall–Kier alpha value is -4.42. The van der Waals surface area contributed by atoms with Crippen LogP contribution in [0.25, 0.3) is 0 Å². The van der Waals surface area contributed by atoms with Crippen LogP contribution in [0.2, 0.25) is 0 Å². The van der Waals surface area contributed by atoms with Gasteiger partial charge in [0.1, 0.15) is 23.6 Å². The van der Waals surface area contributed by atoms with Crippen molar-refractivity contribution in [1.82, 2.24) is 31.3 Å². The second-order valence-electron chi connectivity index (χ2n) is 13.9. The van der Waals surface area contributed by atoms with Crippen molar-refractivity contribution in [2.24, 2.45) is 11.8 Å². The highest BCUT2D eigenvalue weighted by molar-refractivity contribution is 5.93. The van der Waals surface area contributed by atoms with E-state index in [-0.39, 0.29) is 97.6 Å². The number of nitrogens with one attached hydrogen (secondary N) is 4. The molecule has 4 rings (SSSR count). The van der Waals surface area contributed by atoms with E-state index in [1.807, 2.05) is 34.6 Å². The molecule has 0 aliphatic carbocycles. The third-order valence-corrected chi connectivity index (χ3v) is 9.12. The van der Waals surface area contributed by atoms with Crippen molar-refractivity contribution in [3.05, 3.63) is 47.3 Å². The number of amides is 5. The van der Waals surface area contributed by atoms with Gasteiger partial charge in [-0.3, -0.25) is 24.0 Å². The van der Waals surface area contributed by atoms with E-state index >= 15 is 0 Å². The van der Waals surface area contributed by atoms with Crippen molar-refractivity contribution >= 4 is 29.5 Å². The number of fused-ring (bicyclic) bond motifs is 1. The lowest BCUT2D eigenvalue weighted by atomic mass is 9.92. The Kier molecular flexibility index (Phi) is 12.6. The van der Waals surface area contributed by atoms with Crippen LogP contribution < -0.4 is 21.3 Å². The lowest BCUT2D eigenvalue weighted by molar-refractivity contribution is -0.139. The number of aromatic nitrogens is 1. The van der Waals surface area contributed by atoms with Crippen molar-refractivity contribution in [3.8, 4) is 5.75 Å². The first-order valence-corrected chi connectivity index (χ1v) is 17.0. The predicted molar refractivity (Wildman–Crippen MR) is 178 cm³/mol. The quantitative estimate of drug-likeness (QED) is 0.312. The molecule has 13 nitrogen and oxygen atoms in total. The minimum absolute atomic E-state index is 0.0173. The molecule has 1 aromatic carbocycles. The molecule has 2 fully saturated rings. The number of benzene rings is 1. The largest absolute Gasteiger partial charge is 0.508 e. The molecule has 0 unspecified atom stereocenters. The first-order valence-electron chi connectivity index (χ1n) is 17.0. The van der Waals surface area contributed by atoms with Crippen molar-refractivity contribution in [2.75, 3.05) is 13.1 Å². The number of phenolic OH excluding ortho intramolecular Hbond substituents is 1. The monoisotopic (exact) mass is 666 g/mol. The van der Waals surface area contributed by atoms with Gasteiger partial charge in [-0.05, 0) is 55.2 Å². The van der Waals surface area contributed by atoms with Crippen LogP contribution in [0.3, 0.4) is 0 Å². The predicted octanol–water partition coefficient (Wildman–Crippen LogP) is 2.79. The van der Waals surface area contributed by atoms with Gasteiger partial charge in [0, 0.05) is 56.4 Å². The smallest absolute Gasteiger partial charge is 0.273 e. The van der Waals surface area contributed by atoms with Crippen LogP contribution >= 0.6 is 0 Å². The second kappa shape index (κ2) is 16.6. The van der Waals surface area contributed by atoms with Gasteiger partial charge in [0.05, 0.1) is 0 Å². The fraction of sp³-hybridized carbons (Fsp3) is 0.600. The normalized spacial score (nSPS) is 25.1. The zero-order chi connectivity index (χ0) is 35.0. The molecule has 0 spiro atoms. The van der Waals surface area contributed by atoms with E-state index in [9.17, 15) is 29.1 Å². The van der Waals surface area contributed by atoms with E-state index in [1.54, 1.807) is 18.2 Å². The van der Waals surface area contributed by atoms with Crippen LogP contribution in [0.5, 0.6) is 5.75 Å². The van der Waals surface area contributed by atoms with E-state index < -0.39 is 24.0 Å². The van der Waals surface area contributed by atoms with E-state index in [0.717, 1.165) is 5.56 Å². The van der Waals surface area contributed by atoms with Gasteiger partial charge in [-0.15, -0.1) is 0 Å². The van der Waals surface area contributed by atoms with Gasteiger partial charge in [0.25, 0.3) is 5.91 Å². The van der Waals surface area contributed by atoms with Gasteiger partial charge >= 0.3 is 0 Å². The maximum atomic E-state index is 13.7. The van der Waals surface area contributed by atoms with Crippen LogP contribution in [0.15, 0.2) is 34.9 Å². The summed E-state index contributed by atoms with van der Waals surface area (Å²) in [5.41, 5.74) is 0.919. The van der Waals surface area contributed by atoms with Crippen LogP contribution in [-0.2, 0) is 25.6 Å². The van der Waals surface area contributed by atoms with E-state index in [4.69, 9.17) is 4.52 Å². The number of hydrogen-bond donors (Lipinski definition) is 5. The fourth-order valence-electron chi connectivity index (χ4n) is 6.17. The molecular formula is C35H50N6O7. The Bertz CT molecular complexity index is 1440. The standard InChI is InChI=1S/C35H50N6O7/c1-20(2)26-13-8-22(5)15-31(43)38-27(16-23-9-11-25(42)12-10-23)33(45)36-14-6-7-32(44)41-19-24(17-29(41)35(47)39-26)37-34(46)28-18-30(21(3)4)48-40-28/h9-12,18,20-22,24,26-27,29,42H,6-8,13-17,19H2,1-5H3,(H,36,45)(H,37,46)(H,38,43)(H,39,47)/t22-,24-,26+,27+,29+/m1/s1. The number of aromatic hydroxyl groups is 1. The maximum absolute atomic E-state index is 13.7. The molecule has 13 heteroatoms. The Morgan fingerprint density at radius 1 is 1.06 bits per heavy atom. The van der Waals surface area contributed by atoms with Gasteiger partial charge < -0.3 is 35.8 Å². The first-order chi connectivity index (χ1) is 22.8. The molecule has 2 saturated heterocycles. The summed E-state index contributed by atoms with van der Waals surface area (Å²) >= 11 is 0. The van der Waals surface area contributed by atoms with Crippen molar-refractivity contribution in [1.29, 1.82) is 0 Å². The van der Waals surface area contributed by atoms with Crippen molar-refractivity contribution < 1.29 is 33.6 Å². The number of hydrogen-bond acceptors (Lipinski definition) is 8. The summed E-state index contributed by atoms with van der Waals surface area (Å²) in [6, 6.07) is 5.81. The molecule has 48 heavy (non-hydrogen) atoms. The molecule has 262 valence electrons. The van der Waals surface area contributed by atoms with Crippen LogP contribution in [0.1, 0.15) is 101 Å². The third kappa shape index (κ3) is 10.0. The van der Waals surface area contributed by atoms with E-state index in [1.165, 1.54) is 17.0 Å². The van der Waals surface area contributed by atoms with Gasteiger partial charge in [0.15, 0.2) is 5.69 Å². The lowest BCUT2D eigenvalue weighted by Crippen LogP contribution is -2.50. The molecule has 2 aliphatic rings. The summed E-state index contributed by atoms with van der Waals surface area (Å²) < 4.78 is 5.27. The number of carbonyl (C=O) groups is 5. The van der Waals surface area contributed by atoms with E-state index in [0.29, 0.717) is 25.0 Å². The molecule has 5 atom stereocenters. The SMILES string of the molecule is CC(C)c1cc(C(=O)N[C@@H]2C[C@H]3C(=O)N[C@H](C(C)C)CC[C@@H](C)CC(=O)N[C@@H](Cc4ccc(O)cc4)C(=O)NCCCC(=O)N3C2)no1. The molecule has 1 aromatic heterocycles. The Morgan fingerprint density at radius 3 is 2.46 bits per heavy atom. The highest BCUT2D eigenvalue weighted by Crippen LogP contribution is 2.23. The minimum Gasteiger partial charge on any atom is -0.508 e. The summed E-state index contributed by atoms with van der Waals surface area (Å²) in [7, 11) is 0. The van der Waals surface area contributed by atoms with Gasteiger partial charge in [-0.25, -0.2) is 0 Å². The fourth-order valence-corrected chi connectivity index (χ4v) is 6.17. The average molecular weight is 667 g/mol. The van der Waals surface area contributed by atoms with Crippen LogP contribution in [-0.4, -0.2) is 82.0 Å². The molecule has 2 aromatic rings. The highest BCUT2D eigenvalue weighted by atomic mass is 16.5. The van der Waals surface area contributed by atoms with Crippen LogP contribution in [0, 0.1) is 11.8 Å². The van der Waals surface area contributed by atoms with Gasteiger partial charge in [-0.2, -0.15) is 0 Å². The van der Waals surface area contributed by atoms with Crippen molar-refractivity contribution in [2.45, 2.75) is 110 Å². The summed E-state index contributed by atoms with van der Waals surface area (Å²) in [6.45, 7) is 10.2. The zero-order valence-corrected chi connectivity index (χ0v) is 28.6. The summed E-state index contributed by atoms with van der Waals surface area (Å²) in [6.07, 6.45) is 2.38.